The molecular formula is C14H21F2N3. The molecule has 3 nitrogen and oxygen atoms in total. The van der Waals surface area contributed by atoms with E-state index in [1.54, 1.807) is 6.07 Å². The molecule has 2 N–H and O–H groups in total. The molecule has 5 heteroatoms. The largest absolute Gasteiger partial charge is 0.323 e. The second kappa shape index (κ2) is 6.41. The Morgan fingerprint density at radius 3 is 2.42 bits per heavy atom. The second-order valence-electron chi connectivity index (χ2n) is 4.98. The van der Waals surface area contributed by atoms with Crippen LogP contribution in [-0.4, -0.2) is 49.1 Å². The summed E-state index contributed by atoms with van der Waals surface area (Å²) in [7, 11) is 0. The topological polar surface area (TPSA) is 32.5 Å². The SMILES string of the molecule is CCN1CCN(CC(N)c2cccc(F)c2F)CC1. The molecule has 0 amide bonds. The minimum atomic E-state index is -0.830. The van der Waals surface area contributed by atoms with Gasteiger partial charge in [0, 0.05) is 44.3 Å². The maximum Gasteiger partial charge on any atom is 0.163 e. The first-order chi connectivity index (χ1) is 9.11. The van der Waals surface area contributed by atoms with Gasteiger partial charge in [0.2, 0.25) is 0 Å². The van der Waals surface area contributed by atoms with Crippen molar-refractivity contribution < 1.29 is 8.78 Å². The average Bonchev–Trinajstić information content (AvgIpc) is 2.42. The van der Waals surface area contributed by atoms with E-state index in [9.17, 15) is 8.78 Å². The summed E-state index contributed by atoms with van der Waals surface area (Å²) in [5.41, 5.74) is 6.26. The number of piperazine rings is 1. The van der Waals surface area contributed by atoms with Crippen LogP contribution in [0.4, 0.5) is 8.78 Å². The summed E-state index contributed by atoms with van der Waals surface area (Å²) < 4.78 is 26.8. The molecule has 1 aromatic rings. The van der Waals surface area contributed by atoms with Crippen molar-refractivity contribution in [1.29, 1.82) is 0 Å². The van der Waals surface area contributed by atoms with Gasteiger partial charge in [-0.1, -0.05) is 19.1 Å². The quantitative estimate of drug-likeness (QED) is 0.901. The van der Waals surface area contributed by atoms with Crippen molar-refractivity contribution in [3.8, 4) is 0 Å². The molecular weight excluding hydrogens is 248 g/mol. The molecule has 1 aliphatic heterocycles. The molecule has 1 saturated heterocycles. The van der Waals surface area contributed by atoms with Gasteiger partial charge in [-0.05, 0) is 12.6 Å². The molecule has 0 aromatic heterocycles. The van der Waals surface area contributed by atoms with E-state index in [0.717, 1.165) is 38.8 Å². The fourth-order valence-electron chi connectivity index (χ4n) is 2.47. The molecule has 2 rings (SSSR count). The highest BCUT2D eigenvalue weighted by Crippen LogP contribution is 2.19. The normalized spacial score (nSPS) is 19.6. The monoisotopic (exact) mass is 269 g/mol. The number of halogens is 2. The average molecular weight is 269 g/mol. The molecule has 106 valence electrons. The number of likely N-dealkylation sites (N-methyl/N-ethyl adjacent to an activating group) is 1. The number of rotatable bonds is 4. The third-order valence-corrected chi connectivity index (χ3v) is 3.75. The van der Waals surface area contributed by atoms with E-state index in [-0.39, 0.29) is 5.56 Å². The molecule has 1 heterocycles. The fraction of sp³-hybridized carbons (Fsp3) is 0.571. The lowest BCUT2D eigenvalue weighted by molar-refractivity contribution is 0.131. The summed E-state index contributed by atoms with van der Waals surface area (Å²) in [5, 5.41) is 0. The Hall–Kier alpha value is -1.04. The molecule has 1 aromatic carbocycles. The Morgan fingerprint density at radius 2 is 1.79 bits per heavy atom. The number of hydrogen-bond acceptors (Lipinski definition) is 3. The molecule has 1 fully saturated rings. The van der Waals surface area contributed by atoms with Crippen LogP contribution in [0.1, 0.15) is 18.5 Å². The standard InChI is InChI=1S/C14H21F2N3/c1-2-18-6-8-19(9-7-18)10-13(17)11-4-3-5-12(15)14(11)16/h3-5,13H,2,6-10,17H2,1H3. The van der Waals surface area contributed by atoms with Gasteiger partial charge in [0.1, 0.15) is 0 Å². The molecule has 0 bridgehead atoms. The van der Waals surface area contributed by atoms with Crippen LogP contribution in [0.2, 0.25) is 0 Å². The van der Waals surface area contributed by atoms with Gasteiger partial charge in [0.05, 0.1) is 0 Å². The highest BCUT2D eigenvalue weighted by Gasteiger charge is 2.20. The van der Waals surface area contributed by atoms with Crippen molar-refractivity contribution in [1.82, 2.24) is 9.80 Å². The van der Waals surface area contributed by atoms with Crippen LogP contribution in [-0.2, 0) is 0 Å². The Bertz CT molecular complexity index is 417. The summed E-state index contributed by atoms with van der Waals surface area (Å²) in [6.45, 7) is 7.64. The first kappa shape index (κ1) is 14.4. The Labute approximate surface area is 113 Å². The van der Waals surface area contributed by atoms with Crippen LogP contribution in [0.25, 0.3) is 0 Å². The molecule has 0 saturated carbocycles. The van der Waals surface area contributed by atoms with Crippen LogP contribution in [0.5, 0.6) is 0 Å². The predicted molar refractivity (Wildman–Crippen MR) is 71.8 cm³/mol. The lowest BCUT2D eigenvalue weighted by Crippen LogP contribution is -2.48. The van der Waals surface area contributed by atoms with Gasteiger partial charge >= 0.3 is 0 Å². The van der Waals surface area contributed by atoms with Crippen molar-refractivity contribution in [2.45, 2.75) is 13.0 Å². The first-order valence-electron chi connectivity index (χ1n) is 6.76. The maximum atomic E-state index is 13.6. The van der Waals surface area contributed by atoms with Gasteiger partial charge in [-0.15, -0.1) is 0 Å². The first-order valence-corrected chi connectivity index (χ1v) is 6.76. The van der Waals surface area contributed by atoms with Gasteiger partial charge in [0.25, 0.3) is 0 Å². The van der Waals surface area contributed by atoms with Gasteiger partial charge in [-0.3, -0.25) is 4.90 Å². The Balaban J connectivity index is 1.94. The summed E-state index contributed by atoms with van der Waals surface area (Å²) >= 11 is 0. The molecule has 1 unspecified atom stereocenters. The van der Waals surface area contributed by atoms with Crippen LogP contribution >= 0.6 is 0 Å². The van der Waals surface area contributed by atoms with Crippen molar-refractivity contribution in [3.05, 3.63) is 35.4 Å². The molecule has 1 atom stereocenters. The predicted octanol–water partition coefficient (Wildman–Crippen LogP) is 1.60. The van der Waals surface area contributed by atoms with Crippen molar-refractivity contribution in [2.24, 2.45) is 5.73 Å². The smallest absolute Gasteiger partial charge is 0.163 e. The van der Waals surface area contributed by atoms with Gasteiger partial charge in [0.15, 0.2) is 11.6 Å². The maximum absolute atomic E-state index is 13.6. The number of benzene rings is 1. The van der Waals surface area contributed by atoms with Gasteiger partial charge in [-0.2, -0.15) is 0 Å². The Kier molecular flexibility index (Phi) is 4.85. The van der Waals surface area contributed by atoms with E-state index in [1.807, 2.05) is 0 Å². The van der Waals surface area contributed by atoms with Crippen LogP contribution in [0.15, 0.2) is 18.2 Å². The van der Waals surface area contributed by atoms with Gasteiger partial charge in [-0.25, -0.2) is 8.78 Å². The number of nitrogens with two attached hydrogens (primary N) is 1. The highest BCUT2D eigenvalue weighted by atomic mass is 19.2. The minimum Gasteiger partial charge on any atom is -0.323 e. The van der Waals surface area contributed by atoms with Crippen molar-refractivity contribution in [2.75, 3.05) is 39.3 Å². The van der Waals surface area contributed by atoms with E-state index in [4.69, 9.17) is 5.73 Å². The van der Waals surface area contributed by atoms with E-state index >= 15 is 0 Å². The summed E-state index contributed by atoms with van der Waals surface area (Å²) in [5.74, 6) is -1.65. The molecule has 0 aliphatic carbocycles. The summed E-state index contributed by atoms with van der Waals surface area (Å²) in [4.78, 5) is 4.58. The Morgan fingerprint density at radius 1 is 1.16 bits per heavy atom. The summed E-state index contributed by atoms with van der Waals surface area (Å²) in [6, 6.07) is 3.70. The third-order valence-electron chi connectivity index (χ3n) is 3.75. The molecule has 1 aliphatic rings. The van der Waals surface area contributed by atoms with Crippen LogP contribution in [0.3, 0.4) is 0 Å². The minimum absolute atomic E-state index is 0.262. The molecule has 0 radical (unpaired) electrons. The molecule has 19 heavy (non-hydrogen) atoms. The zero-order valence-corrected chi connectivity index (χ0v) is 11.3. The van der Waals surface area contributed by atoms with E-state index in [1.165, 1.54) is 6.07 Å². The van der Waals surface area contributed by atoms with Crippen molar-refractivity contribution >= 4 is 0 Å². The van der Waals surface area contributed by atoms with Crippen LogP contribution in [0, 0.1) is 11.6 Å². The van der Waals surface area contributed by atoms with E-state index in [0.29, 0.717) is 6.54 Å². The highest BCUT2D eigenvalue weighted by molar-refractivity contribution is 5.22. The summed E-state index contributed by atoms with van der Waals surface area (Å²) in [6.07, 6.45) is 0. The zero-order valence-electron chi connectivity index (χ0n) is 11.3. The van der Waals surface area contributed by atoms with Gasteiger partial charge < -0.3 is 10.6 Å². The lowest BCUT2D eigenvalue weighted by atomic mass is 10.1. The fourth-order valence-corrected chi connectivity index (χ4v) is 2.47. The number of hydrogen-bond donors (Lipinski definition) is 1. The van der Waals surface area contributed by atoms with E-state index in [2.05, 4.69) is 16.7 Å². The zero-order chi connectivity index (χ0) is 13.8. The van der Waals surface area contributed by atoms with Crippen molar-refractivity contribution in [3.63, 3.8) is 0 Å². The second-order valence-corrected chi connectivity index (χ2v) is 4.98. The van der Waals surface area contributed by atoms with E-state index < -0.39 is 17.7 Å². The number of nitrogens with zero attached hydrogens (tertiary/aromatic N) is 2. The lowest BCUT2D eigenvalue weighted by Gasteiger charge is -2.35. The van der Waals surface area contributed by atoms with Crippen LogP contribution < -0.4 is 5.73 Å². The third kappa shape index (κ3) is 3.49. The molecule has 0 spiro atoms.